The number of aromatic nitrogens is 2. The molecule has 0 amide bonds. The molecule has 0 radical (unpaired) electrons. The number of guanidine groups is 1. The molecule has 1 aliphatic rings. The van der Waals surface area contributed by atoms with Crippen LogP contribution in [0.4, 0.5) is 0 Å². The Hall–Kier alpha value is -1.65. The molecule has 4 rings (SSSR count). The molecule has 2 aromatic heterocycles. The number of aryl methyl sites for hydroxylation is 2. The third-order valence-electron chi connectivity index (χ3n) is 6.22. The largest absolute Gasteiger partial charge is 0.361 e. The highest BCUT2D eigenvalue weighted by atomic mass is 127. The normalized spacial score (nSPS) is 15.7. The zero-order valence-corrected chi connectivity index (χ0v) is 22.4. The summed E-state index contributed by atoms with van der Waals surface area (Å²) in [7, 11) is 1.85. The first-order chi connectivity index (χ1) is 15.1. The molecule has 3 aromatic rings. The lowest BCUT2D eigenvalue weighted by molar-refractivity contribution is 0.176. The fourth-order valence-electron chi connectivity index (χ4n) is 4.48. The van der Waals surface area contributed by atoms with Crippen molar-refractivity contribution in [1.29, 1.82) is 0 Å². The van der Waals surface area contributed by atoms with Gasteiger partial charge in [0.05, 0.1) is 10.7 Å². The first-order valence-corrected chi connectivity index (χ1v) is 12.1. The third-order valence-corrected chi connectivity index (χ3v) is 7.05. The molecular formula is C24H35IN6S. The van der Waals surface area contributed by atoms with Gasteiger partial charge < -0.3 is 15.6 Å². The SMILES string of the molecule is CN=C(NCCc1c[nH]c2cccc(C)c12)NCC1CCN(Cc2csc(C)n2)CC1.I. The molecule has 0 aliphatic carbocycles. The summed E-state index contributed by atoms with van der Waals surface area (Å²) in [5.74, 6) is 1.60. The van der Waals surface area contributed by atoms with E-state index in [0.29, 0.717) is 5.92 Å². The number of likely N-dealkylation sites (tertiary alicyclic amines) is 1. The van der Waals surface area contributed by atoms with Crippen LogP contribution >= 0.6 is 35.3 Å². The molecule has 32 heavy (non-hydrogen) atoms. The molecule has 174 valence electrons. The molecule has 0 bridgehead atoms. The van der Waals surface area contributed by atoms with Crippen LogP contribution in [0.1, 0.15) is 34.7 Å². The zero-order chi connectivity index (χ0) is 21.6. The Bertz CT molecular complexity index is 1020. The Balaban J connectivity index is 0.00000289. The number of rotatable bonds is 7. The summed E-state index contributed by atoms with van der Waals surface area (Å²) in [5, 5.41) is 11.7. The van der Waals surface area contributed by atoms with E-state index in [1.807, 2.05) is 7.05 Å². The molecule has 8 heteroatoms. The molecule has 3 N–H and O–H groups in total. The Morgan fingerprint density at radius 2 is 2.06 bits per heavy atom. The lowest BCUT2D eigenvalue weighted by Gasteiger charge is -2.31. The monoisotopic (exact) mass is 566 g/mol. The van der Waals surface area contributed by atoms with Crippen molar-refractivity contribution >= 4 is 52.2 Å². The number of nitrogens with one attached hydrogen (secondary N) is 3. The number of thiazole rings is 1. The predicted molar refractivity (Wildman–Crippen MR) is 146 cm³/mol. The number of piperidine rings is 1. The molecule has 0 atom stereocenters. The number of aliphatic imine (C=N–C) groups is 1. The highest BCUT2D eigenvalue weighted by Gasteiger charge is 2.20. The molecule has 3 heterocycles. The molecule has 1 aromatic carbocycles. The average molecular weight is 567 g/mol. The second-order valence-corrected chi connectivity index (χ2v) is 9.58. The van der Waals surface area contributed by atoms with Gasteiger partial charge in [-0.2, -0.15) is 0 Å². The van der Waals surface area contributed by atoms with Gasteiger partial charge in [0.2, 0.25) is 0 Å². The van der Waals surface area contributed by atoms with Gasteiger partial charge in [0.25, 0.3) is 0 Å². The van der Waals surface area contributed by atoms with Gasteiger partial charge in [-0.1, -0.05) is 12.1 Å². The summed E-state index contributed by atoms with van der Waals surface area (Å²) < 4.78 is 0. The highest BCUT2D eigenvalue weighted by molar-refractivity contribution is 14.0. The number of hydrogen-bond donors (Lipinski definition) is 3. The lowest BCUT2D eigenvalue weighted by atomic mass is 9.97. The van der Waals surface area contributed by atoms with E-state index in [-0.39, 0.29) is 24.0 Å². The number of aromatic amines is 1. The molecule has 1 saturated heterocycles. The van der Waals surface area contributed by atoms with Crippen molar-refractivity contribution in [3.63, 3.8) is 0 Å². The minimum atomic E-state index is 0. The first-order valence-electron chi connectivity index (χ1n) is 11.3. The fourth-order valence-corrected chi connectivity index (χ4v) is 5.09. The fraction of sp³-hybridized carbons (Fsp3) is 0.500. The van der Waals surface area contributed by atoms with Gasteiger partial charge in [-0.3, -0.25) is 9.89 Å². The summed E-state index contributed by atoms with van der Waals surface area (Å²) in [6.07, 6.45) is 5.56. The van der Waals surface area contributed by atoms with E-state index in [2.05, 4.69) is 74.1 Å². The summed E-state index contributed by atoms with van der Waals surface area (Å²) in [4.78, 5) is 14.9. The van der Waals surface area contributed by atoms with E-state index < -0.39 is 0 Å². The molecule has 0 saturated carbocycles. The minimum Gasteiger partial charge on any atom is -0.361 e. The van der Waals surface area contributed by atoms with Crippen LogP contribution in [-0.2, 0) is 13.0 Å². The van der Waals surface area contributed by atoms with Crippen molar-refractivity contribution in [1.82, 2.24) is 25.5 Å². The summed E-state index contributed by atoms with van der Waals surface area (Å²) >= 11 is 1.74. The second-order valence-electron chi connectivity index (χ2n) is 8.52. The number of nitrogens with zero attached hydrogens (tertiary/aromatic N) is 3. The summed E-state index contributed by atoms with van der Waals surface area (Å²) in [5.41, 5.74) is 5.12. The maximum atomic E-state index is 4.60. The zero-order valence-electron chi connectivity index (χ0n) is 19.3. The molecule has 0 unspecified atom stereocenters. The topological polar surface area (TPSA) is 68.3 Å². The third kappa shape index (κ3) is 6.45. The van der Waals surface area contributed by atoms with Crippen molar-refractivity contribution in [3.05, 3.63) is 51.6 Å². The van der Waals surface area contributed by atoms with E-state index in [0.717, 1.165) is 50.1 Å². The van der Waals surface area contributed by atoms with Gasteiger partial charge in [-0.25, -0.2) is 4.98 Å². The number of hydrogen-bond acceptors (Lipinski definition) is 4. The van der Waals surface area contributed by atoms with Crippen LogP contribution in [0, 0.1) is 19.8 Å². The smallest absolute Gasteiger partial charge is 0.190 e. The molecule has 0 spiro atoms. The van der Waals surface area contributed by atoms with Gasteiger partial charge in [-0.05, 0) is 69.3 Å². The molecule has 1 aliphatic heterocycles. The van der Waals surface area contributed by atoms with Crippen molar-refractivity contribution < 1.29 is 0 Å². The number of fused-ring (bicyclic) bond motifs is 1. The van der Waals surface area contributed by atoms with Crippen LogP contribution in [0.5, 0.6) is 0 Å². The lowest BCUT2D eigenvalue weighted by Crippen LogP contribution is -2.43. The van der Waals surface area contributed by atoms with Crippen molar-refractivity contribution in [3.8, 4) is 0 Å². The van der Waals surface area contributed by atoms with Crippen molar-refractivity contribution in [2.24, 2.45) is 10.9 Å². The van der Waals surface area contributed by atoms with Gasteiger partial charge >= 0.3 is 0 Å². The first kappa shape index (κ1) is 25.0. The van der Waals surface area contributed by atoms with Gasteiger partial charge in [0.15, 0.2) is 5.96 Å². The maximum absolute atomic E-state index is 4.60. The van der Waals surface area contributed by atoms with E-state index in [1.54, 1.807) is 11.3 Å². The molecular weight excluding hydrogens is 531 g/mol. The van der Waals surface area contributed by atoms with Crippen LogP contribution in [0.2, 0.25) is 0 Å². The van der Waals surface area contributed by atoms with E-state index in [9.17, 15) is 0 Å². The number of H-pyrrole nitrogens is 1. The quantitative estimate of drug-likeness (QED) is 0.224. The maximum Gasteiger partial charge on any atom is 0.190 e. The minimum absolute atomic E-state index is 0. The summed E-state index contributed by atoms with van der Waals surface area (Å²) in [6, 6.07) is 6.42. The molecule has 1 fully saturated rings. The van der Waals surface area contributed by atoms with Gasteiger partial charge in [-0.15, -0.1) is 35.3 Å². The van der Waals surface area contributed by atoms with Gasteiger partial charge in [0, 0.05) is 49.2 Å². The Labute approximate surface area is 212 Å². The average Bonchev–Trinajstić information content (AvgIpc) is 3.38. The number of halogens is 1. The van der Waals surface area contributed by atoms with Crippen LogP contribution in [0.3, 0.4) is 0 Å². The van der Waals surface area contributed by atoms with Crippen LogP contribution < -0.4 is 10.6 Å². The van der Waals surface area contributed by atoms with Crippen LogP contribution in [-0.4, -0.2) is 54.1 Å². The predicted octanol–water partition coefficient (Wildman–Crippen LogP) is 4.48. The second kappa shape index (κ2) is 12.0. The molecule has 6 nitrogen and oxygen atoms in total. The van der Waals surface area contributed by atoms with E-state index in [4.69, 9.17) is 0 Å². The van der Waals surface area contributed by atoms with Crippen molar-refractivity contribution in [2.75, 3.05) is 33.2 Å². The van der Waals surface area contributed by atoms with Crippen molar-refractivity contribution in [2.45, 2.75) is 39.7 Å². The van der Waals surface area contributed by atoms with Gasteiger partial charge in [0.1, 0.15) is 0 Å². The van der Waals surface area contributed by atoms with Crippen LogP contribution in [0.25, 0.3) is 10.9 Å². The van der Waals surface area contributed by atoms with Crippen LogP contribution in [0.15, 0.2) is 34.8 Å². The highest BCUT2D eigenvalue weighted by Crippen LogP contribution is 2.22. The standard InChI is InChI=1S/C24H34N6S.HI/c1-17-5-4-6-22-23(17)20(14-27-22)7-10-26-24(25-3)28-13-19-8-11-30(12-9-19)15-21-16-31-18(2)29-21;/h4-6,14,16,19,27H,7-13,15H2,1-3H3,(H2,25,26,28);1H. The van der Waals surface area contributed by atoms with E-state index >= 15 is 0 Å². The summed E-state index contributed by atoms with van der Waals surface area (Å²) in [6.45, 7) is 9.39. The van der Waals surface area contributed by atoms with E-state index in [1.165, 1.54) is 40.6 Å². The Morgan fingerprint density at radius 3 is 2.78 bits per heavy atom. The Kier molecular flexibility index (Phi) is 9.36. The number of benzene rings is 1. The Morgan fingerprint density at radius 1 is 1.25 bits per heavy atom.